The largest absolute Gasteiger partial charge is 0.343 e. The molecule has 8 nitrogen and oxygen atoms in total. The van der Waals surface area contributed by atoms with Crippen molar-refractivity contribution in [3.05, 3.63) is 122 Å². The molecule has 4 aromatic rings. The van der Waals surface area contributed by atoms with Crippen molar-refractivity contribution in [2.45, 2.75) is 19.4 Å². The quantitative estimate of drug-likeness (QED) is 0.255. The number of carbonyl (C=O) groups excluding carboxylic acids is 3. The molecular formula is C30H24F2N4O4S. The number of anilines is 2. The van der Waals surface area contributed by atoms with Crippen molar-refractivity contribution in [1.82, 2.24) is 9.88 Å². The molecule has 0 saturated carbocycles. The lowest BCUT2D eigenvalue weighted by Gasteiger charge is -2.10. The Morgan fingerprint density at radius 3 is 2.63 bits per heavy atom. The third-order valence-electron chi connectivity index (χ3n) is 6.42. The van der Waals surface area contributed by atoms with E-state index in [0.29, 0.717) is 34.5 Å². The second kappa shape index (κ2) is 12.1. The number of benzene rings is 2. The molecule has 0 bridgehead atoms. The second-order valence-electron chi connectivity index (χ2n) is 9.28. The van der Waals surface area contributed by atoms with Crippen molar-refractivity contribution in [3.63, 3.8) is 0 Å². The number of thiophene rings is 1. The summed E-state index contributed by atoms with van der Waals surface area (Å²) < 4.78 is 27.9. The molecule has 0 radical (unpaired) electrons. The van der Waals surface area contributed by atoms with Crippen molar-refractivity contribution >= 4 is 46.0 Å². The van der Waals surface area contributed by atoms with E-state index in [0.717, 1.165) is 18.6 Å². The van der Waals surface area contributed by atoms with Crippen molar-refractivity contribution in [2.24, 2.45) is 0 Å². The SMILES string of the molecule is O=C(CNC(=O)c1cccn(Cc2ccc(F)c(F)c2)c1=O)Nc1ccc2c(c1)/C(=C/CCc1cccs1)C(=O)N2. The van der Waals surface area contributed by atoms with Gasteiger partial charge in [0.2, 0.25) is 5.91 Å². The summed E-state index contributed by atoms with van der Waals surface area (Å²) >= 11 is 1.66. The van der Waals surface area contributed by atoms with Gasteiger partial charge in [0.05, 0.1) is 13.1 Å². The van der Waals surface area contributed by atoms with Crippen LogP contribution in [0.25, 0.3) is 5.57 Å². The number of amides is 3. The Hall–Kier alpha value is -4.90. The van der Waals surface area contributed by atoms with Gasteiger partial charge in [0.25, 0.3) is 17.4 Å². The molecule has 0 spiro atoms. The van der Waals surface area contributed by atoms with Gasteiger partial charge >= 0.3 is 0 Å². The van der Waals surface area contributed by atoms with Crippen molar-refractivity contribution in [3.8, 4) is 0 Å². The van der Waals surface area contributed by atoms with Crippen molar-refractivity contribution in [2.75, 3.05) is 17.2 Å². The third kappa shape index (κ3) is 6.47. The van der Waals surface area contributed by atoms with Gasteiger partial charge in [0.15, 0.2) is 11.6 Å². The van der Waals surface area contributed by atoms with E-state index in [2.05, 4.69) is 16.0 Å². The minimum absolute atomic E-state index is 0.0716. The molecule has 3 heterocycles. The maximum atomic E-state index is 13.5. The maximum absolute atomic E-state index is 13.5. The zero-order chi connectivity index (χ0) is 28.9. The highest BCUT2D eigenvalue weighted by molar-refractivity contribution is 7.09. The predicted molar refractivity (Wildman–Crippen MR) is 153 cm³/mol. The van der Waals surface area contributed by atoms with Crippen LogP contribution in [0.1, 0.15) is 32.8 Å². The van der Waals surface area contributed by atoms with Gasteiger partial charge < -0.3 is 20.5 Å². The summed E-state index contributed by atoms with van der Waals surface area (Å²) in [4.78, 5) is 51.8. The van der Waals surface area contributed by atoms with Crippen LogP contribution < -0.4 is 21.5 Å². The van der Waals surface area contributed by atoms with Gasteiger partial charge in [-0.25, -0.2) is 8.78 Å². The summed E-state index contributed by atoms with van der Waals surface area (Å²) in [6, 6.07) is 15.1. The van der Waals surface area contributed by atoms with E-state index in [9.17, 15) is 28.0 Å². The number of allylic oxidation sites excluding steroid dienone is 1. The minimum atomic E-state index is -1.04. The molecule has 0 atom stereocenters. The second-order valence-corrected chi connectivity index (χ2v) is 10.3. The number of halogens is 2. The predicted octanol–water partition coefficient (Wildman–Crippen LogP) is 4.57. The number of carbonyl (C=O) groups is 3. The van der Waals surface area contributed by atoms with Crippen LogP contribution in [0.5, 0.6) is 0 Å². The lowest BCUT2D eigenvalue weighted by Crippen LogP contribution is -2.37. The number of aryl methyl sites for hydroxylation is 1. The molecule has 0 aliphatic carbocycles. The lowest BCUT2D eigenvalue weighted by atomic mass is 10.0. The van der Waals surface area contributed by atoms with Crippen molar-refractivity contribution < 1.29 is 23.2 Å². The highest BCUT2D eigenvalue weighted by atomic mass is 32.1. The fourth-order valence-corrected chi connectivity index (χ4v) is 5.14. The molecule has 208 valence electrons. The van der Waals surface area contributed by atoms with Crippen LogP contribution in [0.2, 0.25) is 0 Å². The van der Waals surface area contributed by atoms with E-state index in [1.165, 1.54) is 33.8 Å². The first-order valence-corrected chi connectivity index (χ1v) is 13.6. The van der Waals surface area contributed by atoms with Gasteiger partial charge in [0.1, 0.15) is 5.56 Å². The molecule has 0 saturated heterocycles. The number of nitrogens with zero attached hydrogens (tertiary/aromatic N) is 1. The van der Waals surface area contributed by atoms with Gasteiger partial charge in [-0.05, 0) is 72.3 Å². The molecular weight excluding hydrogens is 550 g/mol. The Morgan fingerprint density at radius 1 is 1.00 bits per heavy atom. The maximum Gasteiger partial charge on any atom is 0.263 e. The van der Waals surface area contributed by atoms with Crippen LogP contribution >= 0.6 is 11.3 Å². The number of rotatable bonds is 9. The molecule has 2 aromatic heterocycles. The average molecular weight is 575 g/mol. The lowest BCUT2D eigenvalue weighted by molar-refractivity contribution is -0.115. The van der Waals surface area contributed by atoms with Crippen LogP contribution in [0.15, 0.2) is 83.1 Å². The Kier molecular flexibility index (Phi) is 8.16. The zero-order valence-corrected chi connectivity index (χ0v) is 22.4. The number of pyridine rings is 1. The minimum Gasteiger partial charge on any atom is -0.343 e. The monoisotopic (exact) mass is 574 g/mol. The first kappa shape index (κ1) is 27.7. The topological polar surface area (TPSA) is 109 Å². The van der Waals surface area contributed by atoms with E-state index in [1.54, 1.807) is 29.5 Å². The van der Waals surface area contributed by atoms with Gasteiger partial charge in [-0.2, -0.15) is 0 Å². The molecule has 41 heavy (non-hydrogen) atoms. The normalized spacial score (nSPS) is 13.1. The molecule has 1 aliphatic rings. The summed E-state index contributed by atoms with van der Waals surface area (Å²) in [5.74, 6) is -3.54. The third-order valence-corrected chi connectivity index (χ3v) is 7.35. The van der Waals surface area contributed by atoms with Gasteiger partial charge in [-0.1, -0.05) is 18.2 Å². The van der Waals surface area contributed by atoms with Crippen molar-refractivity contribution in [1.29, 1.82) is 0 Å². The Morgan fingerprint density at radius 2 is 1.85 bits per heavy atom. The number of hydrogen-bond donors (Lipinski definition) is 3. The van der Waals surface area contributed by atoms with E-state index in [-0.39, 0.29) is 18.0 Å². The molecule has 3 N–H and O–H groups in total. The van der Waals surface area contributed by atoms with E-state index in [1.807, 2.05) is 23.6 Å². The first-order chi connectivity index (χ1) is 19.8. The Labute approximate surface area is 237 Å². The number of fused-ring (bicyclic) bond motifs is 1. The number of aromatic nitrogens is 1. The van der Waals surface area contributed by atoms with Crippen LogP contribution in [0, 0.1) is 11.6 Å². The molecule has 1 aliphatic heterocycles. The van der Waals surface area contributed by atoms with Crippen LogP contribution in [-0.2, 0) is 22.6 Å². The zero-order valence-electron chi connectivity index (χ0n) is 21.6. The van der Waals surface area contributed by atoms with E-state index in [4.69, 9.17) is 0 Å². The highest BCUT2D eigenvalue weighted by Gasteiger charge is 2.24. The molecule has 3 amide bonds. The molecule has 5 rings (SSSR count). The number of hydrogen-bond acceptors (Lipinski definition) is 5. The molecule has 0 fully saturated rings. The van der Waals surface area contributed by atoms with Crippen LogP contribution in [-0.4, -0.2) is 28.8 Å². The fraction of sp³-hybridized carbons (Fsp3) is 0.133. The average Bonchev–Trinajstić information content (AvgIpc) is 3.58. The summed E-state index contributed by atoms with van der Waals surface area (Å²) in [5.41, 5.74) is 1.78. The summed E-state index contributed by atoms with van der Waals surface area (Å²) in [6.07, 6.45) is 4.81. The molecule has 0 unspecified atom stereocenters. The summed E-state index contributed by atoms with van der Waals surface area (Å²) in [5, 5.41) is 9.94. The van der Waals surface area contributed by atoms with Crippen LogP contribution in [0.4, 0.5) is 20.2 Å². The summed E-state index contributed by atoms with van der Waals surface area (Å²) in [7, 11) is 0. The summed E-state index contributed by atoms with van der Waals surface area (Å²) in [6.45, 7) is -0.480. The Balaban J connectivity index is 1.20. The number of nitrogens with one attached hydrogen (secondary N) is 3. The highest BCUT2D eigenvalue weighted by Crippen LogP contribution is 2.34. The first-order valence-electron chi connectivity index (χ1n) is 12.7. The van der Waals surface area contributed by atoms with E-state index < -0.39 is 35.6 Å². The van der Waals surface area contributed by atoms with Gasteiger partial charge in [0, 0.05) is 33.6 Å². The molecule has 2 aromatic carbocycles. The van der Waals surface area contributed by atoms with Gasteiger partial charge in [-0.15, -0.1) is 11.3 Å². The smallest absolute Gasteiger partial charge is 0.263 e. The van der Waals surface area contributed by atoms with Crippen LogP contribution in [0.3, 0.4) is 0 Å². The standard InChI is InChI=1S/C30H24F2N4O4S/c31-24-10-8-18(14-25(24)32)17-36-12-2-7-22(30(36)40)28(38)33-16-27(37)34-19-9-11-26-23(15-19)21(29(39)35-26)6-1-4-20-5-3-13-41-20/h2-3,5-15H,1,4,16-17H2,(H,33,38)(H,34,37)(H,35,39)/b21-6-. The van der Waals surface area contributed by atoms with E-state index >= 15 is 0 Å². The fourth-order valence-electron chi connectivity index (χ4n) is 4.41. The van der Waals surface area contributed by atoms with Gasteiger partial charge in [-0.3, -0.25) is 19.2 Å². The Bertz CT molecular complexity index is 1730. The molecule has 11 heteroatoms.